The van der Waals surface area contributed by atoms with Gasteiger partial charge in [-0.2, -0.15) is 0 Å². The monoisotopic (exact) mass is 355 g/mol. The van der Waals surface area contributed by atoms with Crippen LogP contribution in [0.5, 0.6) is 5.75 Å². The number of aliphatic hydroxyl groups excluding tert-OH is 1. The van der Waals surface area contributed by atoms with Crippen molar-refractivity contribution in [2.45, 2.75) is 5.59 Å². The molecule has 0 saturated carbocycles. The van der Waals surface area contributed by atoms with Crippen molar-refractivity contribution in [3.63, 3.8) is 0 Å². The Morgan fingerprint density at radius 3 is 2.00 bits per heavy atom. The Morgan fingerprint density at radius 1 is 1.17 bits per heavy atom. The Bertz CT molecular complexity index is 487. The fourth-order valence-corrected chi connectivity index (χ4v) is 3.03. The van der Waals surface area contributed by atoms with Crippen molar-refractivity contribution in [2.24, 2.45) is 0 Å². The zero-order chi connectivity index (χ0) is 13.3. The second-order valence-corrected chi connectivity index (χ2v) is 7.14. The smallest absolute Gasteiger partial charge is 0.809 e. The Balaban J connectivity index is 0.00000289. The molecule has 0 fully saturated rings. The molecule has 0 spiro atoms. The minimum atomic E-state index is -5.70. The van der Waals surface area contributed by atoms with Gasteiger partial charge in [-0.25, -0.2) is 0 Å². The van der Waals surface area contributed by atoms with E-state index in [1.807, 2.05) is 0 Å². The molecule has 101 valence electrons. The van der Waals surface area contributed by atoms with Crippen LogP contribution in [-0.4, -0.2) is 10.7 Å². The summed E-state index contributed by atoms with van der Waals surface area (Å²) in [6.07, 6.45) is 0. The molecule has 0 saturated heterocycles. The average molecular weight is 355 g/mol. The van der Waals surface area contributed by atoms with Crippen LogP contribution < -0.4 is 19.2 Å². The summed E-state index contributed by atoms with van der Waals surface area (Å²) in [4.78, 5) is 31.9. The molecule has 7 nitrogen and oxygen atoms in total. The van der Waals surface area contributed by atoms with Crippen molar-refractivity contribution in [2.75, 3.05) is 0 Å². The fraction of sp³-hybridized carbons (Fsp3) is 0.143. The van der Waals surface area contributed by atoms with Gasteiger partial charge in [-0.1, -0.05) is 11.6 Å². The van der Waals surface area contributed by atoms with Crippen molar-refractivity contribution in [3.8, 4) is 5.75 Å². The first-order chi connectivity index (χ1) is 7.63. The van der Waals surface area contributed by atoms with Crippen molar-refractivity contribution in [1.82, 2.24) is 0 Å². The second-order valence-electron chi connectivity index (χ2n) is 2.97. The molecule has 0 aliphatic rings. The largest absolute Gasteiger partial charge is 3.00 e. The summed E-state index contributed by atoms with van der Waals surface area (Å²) in [7, 11) is -11.0. The number of rotatable bonds is 4. The third-order valence-electron chi connectivity index (χ3n) is 1.61. The van der Waals surface area contributed by atoms with Gasteiger partial charge in [0.1, 0.15) is 5.75 Å². The Labute approximate surface area is 118 Å². The molecule has 18 heavy (non-hydrogen) atoms. The molecule has 0 aliphatic heterocycles. The Kier molecular flexibility index (Phi) is 6.57. The Morgan fingerprint density at radius 2 is 1.61 bits per heavy atom. The van der Waals surface area contributed by atoms with Crippen LogP contribution in [0.4, 0.5) is 0 Å². The minimum absolute atomic E-state index is 0. The maximum Gasteiger partial charge on any atom is 3.00 e. The second kappa shape index (κ2) is 6.53. The minimum Gasteiger partial charge on any atom is -0.809 e. The number of hydrogen-bond donors (Lipinski definition) is 1. The van der Waals surface area contributed by atoms with Crippen molar-refractivity contribution < 1.29 is 50.5 Å². The standard InChI is InChI=1S/C7H9ClO7P2.Fe/c8-5-1-3-6(4-2-5)15-17(13,14)7(9)16(10,11)12;/h1-4,7,9H,(H,13,14)(H2,10,11,12);/q;+3/p-3. The number of halogens is 1. The molecule has 2 atom stereocenters. The predicted octanol–water partition coefficient (Wildman–Crippen LogP) is -0.541. The molecule has 1 aromatic carbocycles. The van der Waals surface area contributed by atoms with E-state index in [1.165, 1.54) is 12.1 Å². The van der Waals surface area contributed by atoms with Crippen molar-refractivity contribution in [1.29, 1.82) is 0 Å². The molecule has 0 aromatic heterocycles. The molecular formula is C7H6ClFeO7P2. The quantitative estimate of drug-likeness (QED) is 0.566. The zero-order valence-electron chi connectivity index (χ0n) is 8.41. The first kappa shape index (κ1) is 18.1. The first-order valence-corrected chi connectivity index (χ1v) is 7.69. The van der Waals surface area contributed by atoms with E-state index >= 15 is 0 Å². The number of benzene rings is 1. The summed E-state index contributed by atoms with van der Waals surface area (Å²) in [5.74, 6) is -0.264. The van der Waals surface area contributed by atoms with Gasteiger partial charge < -0.3 is 28.9 Å². The van der Waals surface area contributed by atoms with E-state index in [2.05, 4.69) is 4.52 Å². The summed E-state index contributed by atoms with van der Waals surface area (Å²) in [5, 5.41) is 9.12. The van der Waals surface area contributed by atoms with Crippen LogP contribution in [0, 0.1) is 0 Å². The van der Waals surface area contributed by atoms with Crippen LogP contribution in [0.2, 0.25) is 5.02 Å². The first-order valence-electron chi connectivity index (χ1n) is 4.08. The van der Waals surface area contributed by atoms with E-state index in [0.29, 0.717) is 5.02 Å². The summed E-state index contributed by atoms with van der Waals surface area (Å²) in [6.45, 7) is 0. The molecule has 2 unspecified atom stereocenters. The van der Waals surface area contributed by atoms with Crippen LogP contribution in [0.1, 0.15) is 0 Å². The third-order valence-corrected chi connectivity index (χ3v) is 5.16. The molecule has 0 aliphatic carbocycles. The van der Waals surface area contributed by atoms with E-state index < -0.39 is 20.8 Å². The van der Waals surface area contributed by atoms with Crippen LogP contribution >= 0.6 is 26.8 Å². The van der Waals surface area contributed by atoms with E-state index in [1.54, 1.807) is 0 Å². The molecule has 1 aromatic rings. The normalized spacial score (nSPS) is 16.3. The molecule has 11 heteroatoms. The van der Waals surface area contributed by atoms with E-state index in [9.17, 15) is 23.8 Å². The third kappa shape index (κ3) is 5.02. The molecule has 0 heterocycles. The van der Waals surface area contributed by atoms with E-state index in [4.69, 9.17) is 16.7 Å². The molecule has 1 N–H and O–H groups in total. The zero-order valence-corrected chi connectivity index (χ0v) is 12.1. The predicted molar refractivity (Wildman–Crippen MR) is 53.3 cm³/mol. The van der Waals surface area contributed by atoms with E-state index in [-0.39, 0.29) is 22.8 Å². The van der Waals surface area contributed by atoms with Gasteiger partial charge in [-0.15, -0.1) is 0 Å². The van der Waals surface area contributed by atoms with Gasteiger partial charge >= 0.3 is 17.1 Å². The number of hydrogen-bond acceptors (Lipinski definition) is 7. The molecule has 0 amide bonds. The molecular weight excluding hydrogens is 349 g/mol. The summed E-state index contributed by atoms with van der Waals surface area (Å²) < 4.78 is 25.8. The molecule has 0 bridgehead atoms. The Hall–Kier alpha value is 0.129. The maximum absolute atomic E-state index is 11.2. The summed E-state index contributed by atoms with van der Waals surface area (Å²) in [5.41, 5.74) is -3.12. The van der Waals surface area contributed by atoms with Crippen LogP contribution in [0.15, 0.2) is 24.3 Å². The van der Waals surface area contributed by atoms with Gasteiger partial charge in [-0.3, -0.25) is 4.57 Å². The van der Waals surface area contributed by atoms with Gasteiger partial charge in [0.25, 0.3) is 0 Å². The van der Waals surface area contributed by atoms with E-state index in [0.717, 1.165) is 12.1 Å². The topological polar surface area (TPSA) is 133 Å². The van der Waals surface area contributed by atoms with Gasteiger partial charge in [0.15, 0.2) is 5.59 Å². The maximum atomic E-state index is 11.2. The van der Waals surface area contributed by atoms with Gasteiger partial charge in [-0.05, 0) is 31.9 Å². The fourth-order valence-electron chi connectivity index (χ4n) is 0.863. The number of aliphatic hydroxyl groups is 1. The SMILES string of the molecule is O=P([O-])([O-])C(O)P(=O)([O-])Oc1ccc(Cl)cc1.[Fe+3]. The van der Waals surface area contributed by atoms with Gasteiger partial charge in [0.05, 0.1) is 0 Å². The summed E-state index contributed by atoms with van der Waals surface area (Å²) in [6, 6.07) is 4.86. The van der Waals surface area contributed by atoms with Gasteiger partial charge in [0, 0.05) is 5.02 Å². The molecule has 1 rings (SSSR count). The average Bonchev–Trinajstić information content (AvgIpc) is 2.19. The van der Waals surface area contributed by atoms with Crippen LogP contribution in [0.3, 0.4) is 0 Å². The van der Waals surface area contributed by atoms with Crippen molar-refractivity contribution >= 4 is 26.8 Å². The summed E-state index contributed by atoms with van der Waals surface area (Å²) >= 11 is 5.52. The van der Waals surface area contributed by atoms with Gasteiger partial charge in [0.2, 0.25) is 7.60 Å². The molecule has 1 radical (unpaired) electrons. The van der Waals surface area contributed by atoms with Crippen LogP contribution in [-0.2, 0) is 26.2 Å². The van der Waals surface area contributed by atoms with Crippen LogP contribution in [0.25, 0.3) is 0 Å². The van der Waals surface area contributed by atoms with Crippen molar-refractivity contribution in [3.05, 3.63) is 29.3 Å².